The van der Waals surface area contributed by atoms with E-state index in [1.807, 2.05) is 0 Å². The summed E-state index contributed by atoms with van der Waals surface area (Å²) in [5.41, 5.74) is 0.619. The molecule has 1 aromatic carbocycles. The van der Waals surface area contributed by atoms with Gasteiger partial charge in [0, 0.05) is 23.7 Å². The van der Waals surface area contributed by atoms with Crippen molar-refractivity contribution in [3.05, 3.63) is 34.9 Å². The molecule has 1 aliphatic rings. The van der Waals surface area contributed by atoms with Crippen LogP contribution in [0.5, 0.6) is 0 Å². The molecule has 1 aliphatic heterocycles. The number of halogens is 1. The van der Waals surface area contributed by atoms with Gasteiger partial charge in [-0.2, -0.15) is 0 Å². The van der Waals surface area contributed by atoms with Gasteiger partial charge in [-0.3, -0.25) is 4.79 Å². The fraction of sp³-hybridized carbons (Fsp3) is 0.364. The Morgan fingerprint density at radius 3 is 2.60 bits per heavy atom. The first-order valence-electron chi connectivity index (χ1n) is 4.90. The minimum absolute atomic E-state index is 0.0387. The zero-order valence-electron chi connectivity index (χ0n) is 8.19. The minimum Gasteiger partial charge on any atom is -0.391 e. The van der Waals surface area contributed by atoms with Crippen LogP contribution in [-0.2, 0) is 0 Å². The van der Waals surface area contributed by atoms with Crippen molar-refractivity contribution >= 4 is 17.5 Å². The van der Waals surface area contributed by atoms with Gasteiger partial charge in [-0.1, -0.05) is 11.6 Å². The number of hydrogen-bond acceptors (Lipinski definition) is 2. The molecule has 1 heterocycles. The Bertz CT molecular complexity index is 363. The number of rotatable bonds is 1. The molecular weight excluding hydrogens is 214 g/mol. The van der Waals surface area contributed by atoms with Crippen LogP contribution in [0.1, 0.15) is 16.8 Å². The van der Waals surface area contributed by atoms with Gasteiger partial charge in [0.2, 0.25) is 0 Å². The van der Waals surface area contributed by atoms with Crippen LogP contribution in [0.2, 0.25) is 5.02 Å². The lowest BCUT2D eigenvalue weighted by Crippen LogP contribution is -2.29. The molecule has 1 unspecified atom stereocenters. The number of amides is 1. The number of aliphatic hydroxyl groups excluding tert-OH is 1. The third kappa shape index (κ3) is 2.30. The summed E-state index contributed by atoms with van der Waals surface area (Å²) in [5.74, 6) is -0.0387. The van der Waals surface area contributed by atoms with Gasteiger partial charge in [0.25, 0.3) is 5.91 Å². The van der Waals surface area contributed by atoms with E-state index in [-0.39, 0.29) is 12.0 Å². The Labute approximate surface area is 93.3 Å². The van der Waals surface area contributed by atoms with Crippen LogP contribution in [0.3, 0.4) is 0 Å². The predicted molar refractivity (Wildman–Crippen MR) is 58.0 cm³/mol. The fourth-order valence-corrected chi connectivity index (χ4v) is 1.83. The van der Waals surface area contributed by atoms with Crippen molar-refractivity contribution in [1.82, 2.24) is 4.90 Å². The molecule has 0 spiro atoms. The Morgan fingerprint density at radius 1 is 1.40 bits per heavy atom. The van der Waals surface area contributed by atoms with E-state index in [9.17, 15) is 9.90 Å². The lowest BCUT2D eigenvalue weighted by atomic mass is 10.2. The summed E-state index contributed by atoms with van der Waals surface area (Å²) in [6.45, 7) is 1.06. The molecule has 1 saturated heterocycles. The summed E-state index contributed by atoms with van der Waals surface area (Å²) in [7, 11) is 0. The lowest BCUT2D eigenvalue weighted by molar-refractivity contribution is 0.0765. The molecule has 3 nitrogen and oxygen atoms in total. The third-order valence-corrected chi connectivity index (χ3v) is 2.79. The normalized spacial score (nSPS) is 20.7. The molecule has 80 valence electrons. The van der Waals surface area contributed by atoms with E-state index in [1.165, 1.54) is 0 Å². The van der Waals surface area contributed by atoms with E-state index in [2.05, 4.69) is 0 Å². The quantitative estimate of drug-likeness (QED) is 0.788. The molecule has 1 aromatic rings. The summed E-state index contributed by atoms with van der Waals surface area (Å²) >= 11 is 5.73. The van der Waals surface area contributed by atoms with Gasteiger partial charge in [0.15, 0.2) is 0 Å². The highest BCUT2D eigenvalue weighted by molar-refractivity contribution is 6.30. The number of hydrogen-bond donors (Lipinski definition) is 1. The molecule has 0 saturated carbocycles. The highest BCUT2D eigenvalue weighted by Gasteiger charge is 2.25. The van der Waals surface area contributed by atoms with Crippen molar-refractivity contribution in [2.45, 2.75) is 12.5 Å². The molecule has 0 aliphatic carbocycles. The average Bonchev–Trinajstić information content (AvgIpc) is 2.65. The van der Waals surface area contributed by atoms with Crippen molar-refractivity contribution in [2.75, 3.05) is 13.1 Å². The molecule has 2 rings (SSSR count). The second kappa shape index (κ2) is 4.21. The Morgan fingerprint density at radius 2 is 2.07 bits per heavy atom. The van der Waals surface area contributed by atoms with Crippen molar-refractivity contribution in [3.63, 3.8) is 0 Å². The standard InChI is InChI=1S/C11H12ClNO2/c12-9-3-1-8(2-4-9)11(15)13-6-5-10(14)7-13/h1-4,10,14H,5-7H2. The fourth-order valence-electron chi connectivity index (χ4n) is 1.70. The van der Waals surface area contributed by atoms with Gasteiger partial charge in [0.1, 0.15) is 0 Å². The first-order chi connectivity index (χ1) is 7.16. The number of carbonyl (C=O) groups is 1. The maximum absolute atomic E-state index is 11.9. The number of nitrogens with zero attached hydrogens (tertiary/aromatic N) is 1. The van der Waals surface area contributed by atoms with Gasteiger partial charge in [-0.25, -0.2) is 0 Å². The highest BCUT2D eigenvalue weighted by Crippen LogP contribution is 2.15. The molecule has 1 atom stereocenters. The van der Waals surface area contributed by atoms with E-state index < -0.39 is 0 Å². The van der Waals surface area contributed by atoms with Gasteiger partial charge >= 0.3 is 0 Å². The summed E-state index contributed by atoms with van der Waals surface area (Å²) in [6, 6.07) is 6.80. The summed E-state index contributed by atoms with van der Waals surface area (Å²) in [6.07, 6.45) is 0.292. The van der Waals surface area contributed by atoms with Crippen LogP contribution in [0.25, 0.3) is 0 Å². The number of benzene rings is 1. The maximum Gasteiger partial charge on any atom is 0.253 e. The second-order valence-corrected chi connectivity index (χ2v) is 4.14. The van der Waals surface area contributed by atoms with Crippen molar-refractivity contribution in [1.29, 1.82) is 0 Å². The van der Waals surface area contributed by atoms with Crippen LogP contribution < -0.4 is 0 Å². The van der Waals surface area contributed by atoms with E-state index in [0.29, 0.717) is 30.1 Å². The van der Waals surface area contributed by atoms with Gasteiger partial charge in [-0.05, 0) is 30.7 Å². The molecule has 1 fully saturated rings. The topological polar surface area (TPSA) is 40.5 Å². The third-order valence-electron chi connectivity index (χ3n) is 2.54. The average molecular weight is 226 g/mol. The predicted octanol–water partition coefficient (Wildman–Crippen LogP) is 1.55. The number of β-amino-alcohol motifs (C(OH)–C–C–N with tert-alkyl or cyclic N) is 1. The zero-order chi connectivity index (χ0) is 10.8. The molecule has 0 radical (unpaired) electrons. The molecular formula is C11H12ClNO2. The van der Waals surface area contributed by atoms with Crippen LogP contribution >= 0.6 is 11.6 Å². The van der Waals surface area contributed by atoms with Crippen molar-refractivity contribution < 1.29 is 9.90 Å². The van der Waals surface area contributed by atoms with Crippen LogP contribution in [0.15, 0.2) is 24.3 Å². The van der Waals surface area contributed by atoms with E-state index >= 15 is 0 Å². The SMILES string of the molecule is O=C(c1ccc(Cl)cc1)N1CCC(O)C1. The first kappa shape index (κ1) is 10.5. The van der Waals surface area contributed by atoms with E-state index in [4.69, 9.17) is 11.6 Å². The monoisotopic (exact) mass is 225 g/mol. The minimum atomic E-state index is -0.374. The van der Waals surface area contributed by atoms with Gasteiger partial charge < -0.3 is 10.0 Å². The largest absolute Gasteiger partial charge is 0.391 e. The van der Waals surface area contributed by atoms with E-state index in [1.54, 1.807) is 29.2 Å². The molecule has 1 amide bonds. The van der Waals surface area contributed by atoms with E-state index in [0.717, 1.165) is 0 Å². The Kier molecular flexibility index (Phi) is 2.93. The van der Waals surface area contributed by atoms with Crippen molar-refractivity contribution in [2.24, 2.45) is 0 Å². The second-order valence-electron chi connectivity index (χ2n) is 3.70. The summed E-state index contributed by atoms with van der Waals surface area (Å²) in [5, 5.41) is 9.94. The number of carbonyl (C=O) groups excluding carboxylic acids is 1. The number of likely N-dealkylation sites (tertiary alicyclic amines) is 1. The number of aliphatic hydroxyl groups is 1. The maximum atomic E-state index is 11.9. The first-order valence-corrected chi connectivity index (χ1v) is 5.27. The highest BCUT2D eigenvalue weighted by atomic mass is 35.5. The molecule has 1 N–H and O–H groups in total. The smallest absolute Gasteiger partial charge is 0.253 e. The summed E-state index contributed by atoms with van der Waals surface area (Å²) < 4.78 is 0. The van der Waals surface area contributed by atoms with Crippen LogP contribution in [0, 0.1) is 0 Å². The van der Waals surface area contributed by atoms with Crippen LogP contribution in [0.4, 0.5) is 0 Å². The van der Waals surface area contributed by atoms with Crippen molar-refractivity contribution in [3.8, 4) is 0 Å². The molecule has 4 heteroatoms. The van der Waals surface area contributed by atoms with Crippen LogP contribution in [-0.4, -0.2) is 35.1 Å². The Balaban J connectivity index is 2.11. The molecule has 15 heavy (non-hydrogen) atoms. The Hall–Kier alpha value is -1.06. The van der Waals surface area contributed by atoms with Gasteiger partial charge in [0.05, 0.1) is 6.10 Å². The zero-order valence-corrected chi connectivity index (χ0v) is 8.94. The van der Waals surface area contributed by atoms with Gasteiger partial charge in [-0.15, -0.1) is 0 Å². The lowest BCUT2D eigenvalue weighted by Gasteiger charge is -2.15. The summed E-state index contributed by atoms with van der Waals surface area (Å²) in [4.78, 5) is 13.5. The molecule has 0 bridgehead atoms. The molecule has 0 aromatic heterocycles.